The summed E-state index contributed by atoms with van der Waals surface area (Å²) in [6.07, 6.45) is 1.67. The number of hydrogen-bond donors (Lipinski definition) is 0. The van der Waals surface area contributed by atoms with Crippen LogP contribution in [0.2, 0.25) is 0 Å². The van der Waals surface area contributed by atoms with Gasteiger partial charge in [-0.1, -0.05) is 27.7 Å². The Morgan fingerprint density at radius 3 is 1.50 bits per heavy atom. The van der Waals surface area contributed by atoms with Gasteiger partial charge in [0.05, 0.1) is 22.8 Å². The van der Waals surface area contributed by atoms with Crippen LogP contribution in [0.15, 0.2) is 0 Å². The van der Waals surface area contributed by atoms with Crippen molar-refractivity contribution in [2.45, 2.75) is 66.2 Å². The molecule has 6 heteroatoms. The van der Waals surface area contributed by atoms with E-state index in [2.05, 4.69) is 37.9 Å². The van der Waals surface area contributed by atoms with Crippen molar-refractivity contribution in [1.82, 2.24) is 19.6 Å². The van der Waals surface area contributed by atoms with E-state index in [0.717, 1.165) is 35.6 Å². The zero-order chi connectivity index (χ0) is 19.9. The molecule has 4 atom stereocenters. The molecule has 6 nitrogen and oxygen atoms in total. The van der Waals surface area contributed by atoms with Gasteiger partial charge in [-0.15, -0.1) is 0 Å². The number of rotatable bonds is 0. The third-order valence-corrected chi connectivity index (χ3v) is 8.53. The minimum atomic E-state index is -0.575. The minimum absolute atomic E-state index is 0.284. The maximum absolute atomic E-state index is 13.1. The second-order valence-corrected chi connectivity index (χ2v) is 10.5. The fourth-order valence-electron chi connectivity index (χ4n) is 6.71. The Kier molecular flexibility index (Phi) is 2.68. The Labute approximate surface area is 164 Å². The lowest BCUT2D eigenvalue weighted by atomic mass is 9.98. The second-order valence-electron chi connectivity index (χ2n) is 10.5. The number of hydrogen-bond acceptors (Lipinski definition) is 4. The average molecular weight is 378 g/mol. The number of carbonyl (C=O) groups is 2. The van der Waals surface area contributed by atoms with Crippen LogP contribution in [0.1, 0.15) is 83.0 Å². The van der Waals surface area contributed by atoms with Crippen LogP contribution in [0.25, 0.3) is 0 Å². The van der Waals surface area contributed by atoms with Gasteiger partial charge in [0, 0.05) is 11.1 Å². The molecule has 28 heavy (non-hydrogen) atoms. The van der Waals surface area contributed by atoms with E-state index in [1.54, 1.807) is 0 Å². The van der Waals surface area contributed by atoms with Crippen molar-refractivity contribution < 1.29 is 9.59 Å². The molecule has 2 saturated carbocycles. The van der Waals surface area contributed by atoms with Gasteiger partial charge >= 0.3 is 11.8 Å². The van der Waals surface area contributed by atoms with Gasteiger partial charge in [0.1, 0.15) is 0 Å². The van der Waals surface area contributed by atoms with Crippen molar-refractivity contribution in [1.29, 1.82) is 0 Å². The van der Waals surface area contributed by atoms with Crippen LogP contribution in [0.3, 0.4) is 0 Å². The third kappa shape index (κ3) is 1.67. The maximum atomic E-state index is 13.1. The van der Waals surface area contributed by atoms with Gasteiger partial charge in [0.25, 0.3) is 0 Å². The molecule has 0 saturated heterocycles. The summed E-state index contributed by atoms with van der Waals surface area (Å²) >= 11 is 0. The number of aromatic nitrogens is 4. The first-order chi connectivity index (χ1) is 13.1. The van der Waals surface area contributed by atoms with E-state index >= 15 is 0 Å². The van der Waals surface area contributed by atoms with Crippen molar-refractivity contribution in [2.75, 3.05) is 0 Å². The van der Waals surface area contributed by atoms with E-state index in [0.29, 0.717) is 23.7 Å². The first kappa shape index (κ1) is 16.7. The fraction of sp³-hybridized carbons (Fsp3) is 0.636. The van der Waals surface area contributed by atoms with Gasteiger partial charge in [0.15, 0.2) is 0 Å². The van der Waals surface area contributed by atoms with Crippen molar-refractivity contribution in [2.24, 2.45) is 22.7 Å². The van der Waals surface area contributed by atoms with E-state index in [9.17, 15) is 9.59 Å². The van der Waals surface area contributed by atoms with Gasteiger partial charge in [-0.05, 0) is 61.2 Å². The van der Waals surface area contributed by atoms with Crippen molar-refractivity contribution in [3.63, 3.8) is 0 Å². The molecule has 4 aliphatic rings. The molecule has 0 amide bonds. The van der Waals surface area contributed by atoms with Crippen molar-refractivity contribution in [3.8, 4) is 0 Å². The Hall–Kier alpha value is -2.24. The van der Waals surface area contributed by atoms with E-state index in [4.69, 9.17) is 0 Å². The van der Waals surface area contributed by atoms with Crippen LogP contribution in [0, 0.1) is 36.5 Å². The largest absolute Gasteiger partial charge is 0.338 e. The van der Waals surface area contributed by atoms with Gasteiger partial charge in [0.2, 0.25) is 0 Å². The summed E-state index contributed by atoms with van der Waals surface area (Å²) in [7, 11) is 0. The highest BCUT2D eigenvalue weighted by molar-refractivity contribution is 6.36. The zero-order valence-electron chi connectivity index (χ0n) is 17.3. The molecule has 2 heterocycles. The molecule has 2 aromatic heterocycles. The number of fused-ring (bicyclic) bond motifs is 6. The Morgan fingerprint density at radius 2 is 1.14 bits per heavy atom. The highest BCUT2D eigenvalue weighted by atomic mass is 16.2. The van der Waals surface area contributed by atoms with E-state index in [1.165, 1.54) is 20.5 Å². The summed E-state index contributed by atoms with van der Waals surface area (Å²) in [5.74, 6) is 0.939. The lowest BCUT2D eigenvalue weighted by molar-refractivity contribution is 0.0691. The summed E-state index contributed by atoms with van der Waals surface area (Å²) in [4.78, 5) is 26.2. The van der Waals surface area contributed by atoms with Crippen molar-refractivity contribution in [3.05, 3.63) is 33.9 Å². The third-order valence-electron chi connectivity index (χ3n) is 8.53. The van der Waals surface area contributed by atoms with Gasteiger partial charge in [-0.2, -0.15) is 19.6 Å². The zero-order valence-corrected chi connectivity index (χ0v) is 17.3. The van der Waals surface area contributed by atoms with Gasteiger partial charge < -0.3 is 0 Å². The van der Waals surface area contributed by atoms with Crippen LogP contribution < -0.4 is 0 Å². The topological polar surface area (TPSA) is 69.8 Å². The predicted octanol–water partition coefficient (Wildman–Crippen LogP) is 3.27. The SMILES string of the molecule is Cc1nn(C(=O)C(=O)n2nc(C)c3c2C[C@H]2[C@@H]3C2(C)C)c2c1[C@@H]1[C@@H](C2)C1(C)C. The fourth-order valence-corrected chi connectivity index (χ4v) is 6.71. The van der Waals surface area contributed by atoms with E-state index < -0.39 is 11.8 Å². The second kappa shape index (κ2) is 4.50. The first-order valence-electron chi connectivity index (χ1n) is 10.3. The standard InChI is InChI=1S/C22H26N4O2/c1-9-15-13(7-11-17(15)21(11,3)4)25(23-9)19(27)20(28)26-14-8-12-18(22(12,5)6)16(14)10(2)24-26/h11-12,17-18H,7-8H2,1-6H3/t11-,12+,17-,18-/m0/s1. The summed E-state index contributed by atoms with van der Waals surface area (Å²) in [5.41, 5.74) is 6.61. The molecule has 0 radical (unpaired) electrons. The van der Waals surface area contributed by atoms with Crippen molar-refractivity contribution >= 4 is 11.8 Å². The Balaban J connectivity index is 1.36. The molecule has 0 bridgehead atoms. The van der Waals surface area contributed by atoms with Crippen LogP contribution in [0.4, 0.5) is 0 Å². The average Bonchev–Trinajstić information content (AvgIpc) is 3.11. The van der Waals surface area contributed by atoms with Gasteiger partial charge in [-0.3, -0.25) is 9.59 Å². The Morgan fingerprint density at radius 1 is 0.786 bits per heavy atom. The Bertz CT molecular complexity index is 1030. The van der Waals surface area contributed by atoms with E-state index in [1.807, 2.05) is 13.8 Å². The molecule has 6 rings (SSSR count). The quantitative estimate of drug-likeness (QED) is 0.660. The van der Waals surface area contributed by atoms with Crippen LogP contribution in [-0.4, -0.2) is 31.4 Å². The lowest BCUT2D eigenvalue weighted by Gasteiger charge is -2.11. The van der Waals surface area contributed by atoms with Gasteiger partial charge in [-0.25, -0.2) is 0 Å². The molecule has 2 fully saturated rings. The molecule has 4 aliphatic carbocycles. The summed E-state index contributed by atoms with van der Waals surface area (Å²) < 4.78 is 2.75. The molecule has 2 aromatic rings. The normalized spacial score (nSPS) is 31.8. The molecule has 146 valence electrons. The lowest BCUT2D eigenvalue weighted by Crippen LogP contribution is -2.31. The minimum Gasteiger partial charge on any atom is -0.261 e. The van der Waals surface area contributed by atoms with Crippen LogP contribution in [-0.2, 0) is 12.8 Å². The molecular weight excluding hydrogens is 352 g/mol. The predicted molar refractivity (Wildman–Crippen MR) is 103 cm³/mol. The van der Waals surface area contributed by atoms with E-state index in [-0.39, 0.29) is 10.8 Å². The smallest absolute Gasteiger partial charge is 0.261 e. The molecule has 0 unspecified atom stereocenters. The molecular formula is C22H26N4O2. The maximum Gasteiger partial charge on any atom is 0.338 e. The number of aryl methyl sites for hydroxylation is 2. The number of carbonyl (C=O) groups excluding carboxylic acids is 2. The van der Waals surface area contributed by atoms with Crippen LogP contribution in [0.5, 0.6) is 0 Å². The summed E-state index contributed by atoms with van der Waals surface area (Å²) in [6, 6.07) is 0. The number of nitrogens with zero attached hydrogens (tertiary/aromatic N) is 4. The first-order valence-corrected chi connectivity index (χ1v) is 10.3. The van der Waals surface area contributed by atoms with Crippen LogP contribution >= 0.6 is 0 Å². The highest BCUT2D eigenvalue weighted by Gasteiger charge is 2.65. The summed E-state index contributed by atoms with van der Waals surface area (Å²) in [5, 5.41) is 8.95. The summed E-state index contributed by atoms with van der Waals surface area (Å²) in [6.45, 7) is 13.0. The molecule has 0 spiro atoms. The highest BCUT2D eigenvalue weighted by Crippen LogP contribution is 2.71. The molecule has 0 aromatic carbocycles. The molecule has 0 aliphatic heterocycles. The monoisotopic (exact) mass is 378 g/mol. The molecule has 0 N–H and O–H groups in total.